The van der Waals surface area contributed by atoms with Crippen molar-refractivity contribution in [1.82, 2.24) is 0 Å². The van der Waals surface area contributed by atoms with Crippen molar-refractivity contribution in [3.05, 3.63) is 12.7 Å². The van der Waals surface area contributed by atoms with Crippen LogP contribution in [-0.2, 0) is 9.59 Å². The molecule has 0 aromatic rings. The first kappa shape index (κ1) is 14.0. The minimum Gasteiger partial charge on any atom is -0.299 e. The molecule has 0 heterocycles. The van der Waals surface area contributed by atoms with Crippen LogP contribution in [0.2, 0.25) is 0 Å². The first-order valence-electron chi connectivity index (χ1n) is 8.29. The summed E-state index contributed by atoms with van der Waals surface area (Å²) in [5.74, 6) is 3.38. The predicted octanol–water partition coefficient (Wildman–Crippen LogP) is 3.80. The SMILES string of the molecule is C=CCC[C@H]1[C@H]2C(=O)CC[C@@H]3C(=O)CC[C@H](C[C@@H]1C)[C@H]23. The standard InChI is InChI=1S/C18H26O2/c1-3-4-5-13-11(2)10-12-6-8-15(19)14-7-9-16(20)18(13)17(12)14/h3,11-14,17-18H,1,4-10H2,2H3/t11-,12+,13+,14+,17-,18-/m0/s1. The van der Waals surface area contributed by atoms with Gasteiger partial charge in [-0.3, -0.25) is 9.59 Å². The van der Waals surface area contributed by atoms with Gasteiger partial charge in [-0.2, -0.15) is 0 Å². The zero-order chi connectivity index (χ0) is 14.3. The lowest BCUT2D eigenvalue weighted by atomic mass is 9.50. The highest BCUT2D eigenvalue weighted by Gasteiger charge is 2.53. The quantitative estimate of drug-likeness (QED) is 0.734. The summed E-state index contributed by atoms with van der Waals surface area (Å²) in [6.07, 6.45) is 8.52. The Hall–Kier alpha value is -0.920. The van der Waals surface area contributed by atoms with Gasteiger partial charge in [-0.15, -0.1) is 6.58 Å². The molecule has 0 amide bonds. The van der Waals surface area contributed by atoms with E-state index in [1.165, 1.54) is 6.42 Å². The van der Waals surface area contributed by atoms with Crippen LogP contribution in [0.5, 0.6) is 0 Å². The second kappa shape index (κ2) is 5.46. The summed E-state index contributed by atoms with van der Waals surface area (Å²) >= 11 is 0. The molecule has 20 heavy (non-hydrogen) atoms. The molecule has 0 saturated heterocycles. The highest BCUT2D eigenvalue weighted by Crippen LogP contribution is 2.55. The van der Waals surface area contributed by atoms with Gasteiger partial charge in [0.15, 0.2) is 0 Å². The average molecular weight is 274 g/mol. The van der Waals surface area contributed by atoms with Gasteiger partial charge < -0.3 is 0 Å². The third-order valence-corrected chi connectivity index (χ3v) is 6.24. The Balaban J connectivity index is 1.90. The molecular weight excluding hydrogens is 248 g/mol. The molecule has 3 rings (SSSR count). The van der Waals surface area contributed by atoms with E-state index in [0.29, 0.717) is 41.7 Å². The molecule has 110 valence electrons. The van der Waals surface area contributed by atoms with Crippen molar-refractivity contribution in [2.75, 3.05) is 0 Å². The van der Waals surface area contributed by atoms with Crippen molar-refractivity contribution >= 4 is 11.6 Å². The minimum absolute atomic E-state index is 0.173. The zero-order valence-electron chi connectivity index (χ0n) is 12.5. The van der Waals surface area contributed by atoms with E-state index in [9.17, 15) is 9.59 Å². The van der Waals surface area contributed by atoms with Crippen molar-refractivity contribution in [3.8, 4) is 0 Å². The number of allylic oxidation sites excluding steroid dienone is 1. The summed E-state index contributed by atoms with van der Waals surface area (Å²) in [6.45, 7) is 6.14. The number of carbonyl (C=O) groups is 2. The third-order valence-electron chi connectivity index (χ3n) is 6.24. The first-order valence-corrected chi connectivity index (χ1v) is 8.29. The molecule has 2 heteroatoms. The summed E-state index contributed by atoms with van der Waals surface area (Å²) < 4.78 is 0. The lowest BCUT2D eigenvalue weighted by Crippen LogP contribution is -2.53. The van der Waals surface area contributed by atoms with Gasteiger partial charge >= 0.3 is 0 Å². The summed E-state index contributed by atoms with van der Waals surface area (Å²) in [7, 11) is 0. The number of Topliss-reactive ketones (excluding diaryl/α,β-unsaturated/α-hetero) is 2. The number of hydrogen-bond acceptors (Lipinski definition) is 2. The van der Waals surface area contributed by atoms with E-state index < -0.39 is 0 Å². The molecule has 0 aromatic carbocycles. The van der Waals surface area contributed by atoms with Crippen LogP contribution in [0.15, 0.2) is 12.7 Å². The van der Waals surface area contributed by atoms with Gasteiger partial charge in [-0.25, -0.2) is 0 Å². The second-order valence-electron chi connectivity index (χ2n) is 7.22. The average Bonchev–Trinajstić information content (AvgIpc) is 2.43. The third kappa shape index (κ3) is 2.17. The van der Waals surface area contributed by atoms with E-state index in [1.54, 1.807) is 0 Å². The van der Waals surface area contributed by atoms with E-state index in [2.05, 4.69) is 13.5 Å². The molecule has 0 spiro atoms. The van der Waals surface area contributed by atoms with Crippen LogP contribution in [0.25, 0.3) is 0 Å². The molecule has 0 radical (unpaired) electrons. The Morgan fingerprint density at radius 1 is 1.20 bits per heavy atom. The predicted molar refractivity (Wildman–Crippen MR) is 79.1 cm³/mol. The van der Waals surface area contributed by atoms with E-state index in [1.807, 2.05) is 6.08 Å². The van der Waals surface area contributed by atoms with Crippen LogP contribution >= 0.6 is 0 Å². The van der Waals surface area contributed by atoms with Crippen molar-refractivity contribution in [2.45, 2.75) is 51.9 Å². The Morgan fingerprint density at radius 3 is 2.70 bits per heavy atom. The van der Waals surface area contributed by atoms with Crippen LogP contribution in [0, 0.1) is 35.5 Å². The van der Waals surface area contributed by atoms with Crippen LogP contribution in [0.3, 0.4) is 0 Å². The summed E-state index contributed by atoms with van der Waals surface area (Å²) in [5.41, 5.74) is 0. The molecule has 3 aliphatic rings. The molecule has 0 aliphatic heterocycles. The number of rotatable bonds is 3. The first-order chi connectivity index (χ1) is 9.63. The second-order valence-corrected chi connectivity index (χ2v) is 7.22. The monoisotopic (exact) mass is 274 g/mol. The minimum atomic E-state index is 0.173. The summed E-state index contributed by atoms with van der Waals surface area (Å²) in [6, 6.07) is 0. The van der Waals surface area contributed by atoms with Crippen LogP contribution < -0.4 is 0 Å². The maximum atomic E-state index is 12.5. The Kier molecular flexibility index (Phi) is 3.83. The van der Waals surface area contributed by atoms with Crippen molar-refractivity contribution < 1.29 is 9.59 Å². The topological polar surface area (TPSA) is 34.1 Å². The molecule has 3 saturated carbocycles. The lowest BCUT2D eigenvalue weighted by molar-refractivity contribution is -0.149. The van der Waals surface area contributed by atoms with Gasteiger partial charge in [0.2, 0.25) is 0 Å². The maximum absolute atomic E-state index is 12.5. The van der Waals surface area contributed by atoms with Crippen molar-refractivity contribution in [2.24, 2.45) is 35.5 Å². The Labute approximate surface area is 122 Å². The van der Waals surface area contributed by atoms with Gasteiger partial charge in [0.25, 0.3) is 0 Å². The highest BCUT2D eigenvalue weighted by molar-refractivity contribution is 5.88. The molecule has 3 aliphatic carbocycles. The van der Waals surface area contributed by atoms with Gasteiger partial charge in [0, 0.05) is 24.7 Å². The highest BCUT2D eigenvalue weighted by atomic mass is 16.1. The Morgan fingerprint density at radius 2 is 1.95 bits per heavy atom. The van der Waals surface area contributed by atoms with Gasteiger partial charge in [-0.1, -0.05) is 13.0 Å². The fraction of sp³-hybridized carbons (Fsp3) is 0.778. The van der Waals surface area contributed by atoms with E-state index in [4.69, 9.17) is 0 Å². The fourth-order valence-corrected chi connectivity index (χ4v) is 5.40. The molecule has 3 fully saturated rings. The molecular formula is C18H26O2. The van der Waals surface area contributed by atoms with Crippen LogP contribution in [-0.4, -0.2) is 11.6 Å². The summed E-state index contributed by atoms with van der Waals surface area (Å²) in [4.78, 5) is 24.8. The van der Waals surface area contributed by atoms with Crippen molar-refractivity contribution in [3.63, 3.8) is 0 Å². The largest absolute Gasteiger partial charge is 0.299 e. The fourth-order valence-electron chi connectivity index (χ4n) is 5.40. The molecule has 0 aromatic heterocycles. The normalized spacial score (nSPS) is 44.0. The molecule has 0 N–H and O–H groups in total. The van der Waals surface area contributed by atoms with Crippen LogP contribution in [0.1, 0.15) is 51.9 Å². The van der Waals surface area contributed by atoms with E-state index in [-0.39, 0.29) is 11.8 Å². The maximum Gasteiger partial charge on any atom is 0.136 e. The zero-order valence-corrected chi connectivity index (χ0v) is 12.5. The van der Waals surface area contributed by atoms with Gasteiger partial charge in [-0.05, 0) is 55.8 Å². The molecule has 0 bridgehead atoms. The van der Waals surface area contributed by atoms with E-state index in [0.717, 1.165) is 32.1 Å². The molecule has 2 nitrogen and oxygen atoms in total. The van der Waals surface area contributed by atoms with Gasteiger partial charge in [0.1, 0.15) is 11.6 Å². The molecule has 0 unspecified atom stereocenters. The number of hydrogen-bond donors (Lipinski definition) is 0. The Bertz CT molecular complexity index is 425. The lowest BCUT2D eigenvalue weighted by Gasteiger charge is -2.53. The van der Waals surface area contributed by atoms with E-state index >= 15 is 0 Å². The van der Waals surface area contributed by atoms with Crippen molar-refractivity contribution in [1.29, 1.82) is 0 Å². The van der Waals surface area contributed by atoms with Gasteiger partial charge in [0.05, 0.1) is 0 Å². The number of ketones is 2. The summed E-state index contributed by atoms with van der Waals surface area (Å²) in [5, 5.41) is 0. The van der Waals surface area contributed by atoms with Crippen LogP contribution in [0.4, 0.5) is 0 Å². The molecule has 6 atom stereocenters. The number of carbonyl (C=O) groups excluding carboxylic acids is 2. The smallest absolute Gasteiger partial charge is 0.136 e.